The third-order valence-corrected chi connectivity index (χ3v) is 5.22. The first-order valence-corrected chi connectivity index (χ1v) is 9.04. The van der Waals surface area contributed by atoms with Crippen molar-refractivity contribution in [3.05, 3.63) is 82.6 Å². The minimum Gasteiger partial charge on any atom is -0.384 e. The van der Waals surface area contributed by atoms with Crippen molar-refractivity contribution in [2.75, 3.05) is 4.90 Å². The lowest BCUT2D eigenvalue weighted by Crippen LogP contribution is -2.38. The average Bonchev–Trinajstić information content (AvgIpc) is 2.69. The van der Waals surface area contributed by atoms with Gasteiger partial charge in [-0.25, -0.2) is 0 Å². The van der Waals surface area contributed by atoms with Gasteiger partial charge in [-0.3, -0.25) is 14.7 Å². The lowest BCUT2D eigenvalue weighted by atomic mass is 9.76. The van der Waals surface area contributed by atoms with E-state index in [9.17, 15) is 10.1 Å². The summed E-state index contributed by atoms with van der Waals surface area (Å²) in [5.41, 5.74) is 11.3. The molecule has 0 fully saturated rings. The Morgan fingerprint density at radius 1 is 1.22 bits per heavy atom. The van der Waals surface area contributed by atoms with E-state index in [4.69, 9.17) is 5.73 Å². The molecule has 2 N–H and O–H groups in total. The molecule has 1 aromatic heterocycles. The van der Waals surface area contributed by atoms with E-state index in [1.807, 2.05) is 48.2 Å². The number of Topliss-reactive ketones (excluding diaryl/α,β-unsaturated/α-hetero) is 1. The summed E-state index contributed by atoms with van der Waals surface area (Å²) < 4.78 is 0. The Morgan fingerprint density at radius 3 is 2.67 bits per heavy atom. The molecule has 1 atom stereocenters. The van der Waals surface area contributed by atoms with Crippen molar-refractivity contribution < 1.29 is 4.79 Å². The Morgan fingerprint density at radius 2 is 2.00 bits per heavy atom. The maximum Gasteiger partial charge on any atom is 0.161 e. The van der Waals surface area contributed by atoms with Crippen LogP contribution in [-0.2, 0) is 4.79 Å². The molecule has 4 rings (SSSR count). The lowest BCUT2D eigenvalue weighted by Gasteiger charge is -2.39. The van der Waals surface area contributed by atoms with Gasteiger partial charge >= 0.3 is 0 Å². The molecule has 2 heterocycles. The van der Waals surface area contributed by atoms with Gasteiger partial charge in [0, 0.05) is 35.8 Å². The summed E-state index contributed by atoms with van der Waals surface area (Å²) >= 11 is 0. The summed E-state index contributed by atoms with van der Waals surface area (Å²) in [6.07, 6.45) is 5.43. The molecule has 134 valence electrons. The van der Waals surface area contributed by atoms with Crippen molar-refractivity contribution in [3.63, 3.8) is 0 Å². The smallest absolute Gasteiger partial charge is 0.161 e. The first kappa shape index (κ1) is 17.0. The van der Waals surface area contributed by atoms with Gasteiger partial charge in [0.25, 0.3) is 0 Å². The summed E-state index contributed by atoms with van der Waals surface area (Å²) in [7, 11) is 0. The van der Waals surface area contributed by atoms with Gasteiger partial charge in [-0.05, 0) is 43.5 Å². The third kappa shape index (κ3) is 2.80. The molecule has 1 aliphatic carbocycles. The normalized spacial score (nSPS) is 19.8. The van der Waals surface area contributed by atoms with Gasteiger partial charge in [0.1, 0.15) is 5.82 Å². The number of nitrogens with two attached hydrogens (primary N) is 1. The van der Waals surface area contributed by atoms with Crippen LogP contribution in [-0.4, -0.2) is 10.8 Å². The number of aryl methyl sites for hydroxylation is 1. The molecule has 0 bridgehead atoms. The number of nitriles is 1. The van der Waals surface area contributed by atoms with Crippen LogP contribution >= 0.6 is 0 Å². The van der Waals surface area contributed by atoms with Gasteiger partial charge in [0.2, 0.25) is 0 Å². The number of carbonyl (C=O) groups excluding carboxylic acids is 1. The highest BCUT2D eigenvalue weighted by Crippen LogP contribution is 2.45. The van der Waals surface area contributed by atoms with Crippen LogP contribution in [0.3, 0.4) is 0 Å². The maximum atomic E-state index is 12.9. The van der Waals surface area contributed by atoms with Crippen molar-refractivity contribution in [2.24, 2.45) is 5.73 Å². The second kappa shape index (κ2) is 6.73. The molecule has 0 unspecified atom stereocenters. The number of carbonyl (C=O) groups is 1. The molecule has 1 aromatic carbocycles. The fourth-order valence-corrected chi connectivity index (χ4v) is 3.96. The highest BCUT2D eigenvalue weighted by atomic mass is 16.1. The Kier molecular flexibility index (Phi) is 4.25. The van der Waals surface area contributed by atoms with Gasteiger partial charge in [-0.2, -0.15) is 5.26 Å². The van der Waals surface area contributed by atoms with E-state index in [2.05, 4.69) is 11.1 Å². The van der Waals surface area contributed by atoms with Crippen molar-refractivity contribution >= 4 is 11.5 Å². The molecule has 0 radical (unpaired) electrons. The maximum absolute atomic E-state index is 12.9. The molecule has 0 saturated heterocycles. The molecule has 0 saturated carbocycles. The Labute approximate surface area is 158 Å². The van der Waals surface area contributed by atoms with E-state index < -0.39 is 5.92 Å². The Balaban J connectivity index is 1.96. The SMILES string of the molecule is Cc1ccc(N2C(N)=C(C#N)[C@@H](c3cccnc3)C3=C2CCCC3=O)cc1. The molecule has 27 heavy (non-hydrogen) atoms. The number of nitrogens with zero attached hydrogens (tertiary/aromatic N) is 3. The fraction of sp³-hybridized carbons (Fsp3) is 0.227. The Hall–Kier alpha value is -3.39. The van der Waals surface area contributed by atoms with Crippen molar-refractivity contribution in [3.8, 4) is 6.07 Å². The molecular weight excluding hydrogens is 336 g/mol. The largest absolute Gasteiger partial charge is 0.384 e. The van der Waals surface area contributed by atoms with Crippen molar-refractivity contribution in [1.82, 2.24) is 4.98 Å². The molecule has 2 aromatic rings. The minimum absolute atomic E-state index is 0.0856. The quantitative estimate of drug-likeness (QED) is 0.887. The molecule has 5 heteroatoms. The monoisotopic (exact) mass is 356 g/mol. The zero-order valence-electron chi connectivity index (χ0n) is 15.1. The first-order valence-electron chi connectivity index (χ1n) is 9.04. The summed E-state index contributed by atoms with van der Waals surface area (Å²) in [6, 6.07) is 14.0. The Bertz CT molecular complexity index is 997. The summed E-state index contributed by atoms with van der Waals surface area (Å²) in [4.78, 5) is 19.0. The number of rotatable bonds is 2. The number of pyridine rings is 1. The standard InChI is InChI=1S/C22H20N4O/c1-14-7-9-16(10-8-14)26-18-5-2-6-19(27)21(18)20(17(12-23)22(26)24)15-4-3-11-25-13-15/h3-4,7-11,13,20H,2,5-6,24H2,1H3/t20-/m1/s1. The van der Waals surface area contributed by atoms with Gasteiger partial charge in [0.15, 0.2) is 5.78 Å². The van der Waals surface area contributed by atoms with Crippen LogP contribution in [0.5, 0.6) is 0 Å². The average molecular weight is 356 g/mol. The number of aromatic nitrogens is 1. The third-order valence-electron chi connectivity index (χ3n) is 5.22. The van der Waals surface area contributed by atoms with Gasteiger partial charge in [-0.15, -0.1) is 0 Å². The number of hydrogen-bond acceptors (Lipinski definition) is 5. The van der Waals surface area contributed by atoms with E-state index >= 15 is 0 Å². The molecule has 1 aliphatic heterocycles. The fourth-order valence-electron chi connectivity index (χ4n) is 3.96. The highest BCUT2D eigenvalue weighted by Gasteiger charge is 2.40. The van der Waals surface area contributed by atoms with Crippen LogP contribution < -0.4 is 10.6 Å². The second-order valence-corrected chi connectivity index (χ2v) is 6.94. The number of ketones is 1. The molecule has 5 nitrogen and oxygen atoms in total. The van der Waals surface area contributed by atoms with Gasteiger partial charge < -0.3 is 5.73 Å². The van der Waals surface area contributed by atoms with E-state index in [1.165, 1.54) is 0 Å². The van der Waals surface area contributed by atoms with Crippen molar-refractivity contribution in [2.45, 2.75) is 32.1 Å². The lowest BCUT2D eigenvalue weighted by molar-refractivity contribution is -0.116. The van der Waals surface area contributed by atoms with E-state index in [0.717, 1.165) is 35.4 Å². The number of hydrogen-bond donors (Lipinski definition) is 1. The second-order valence-electron chi connectivity index (χ2n) is 6.94. The predicted molar refractivity (Wildman–Crippen MR) is 103 cm³/mol. The number of benzene rings is 1. The van der Waals surface area contributed by atoms with Crippen LogP contribution in [0.25, 0.3) is 0 Å². The topological polar surface area (TPSA) is 83.0 Å². The van der Waals surface area contributed by atoms with E-state index in [-0.39, 0.29) is 5.78 Å². The predicted octanol–water partition coefficient (Wildman–Crippen LogP) is 3.69. The number of anilines is 1. The van der Waals surface area contributed by atoms with Gasteiger partial charge in [-0.1, -0.05) is 23.8 Å². The van der Waals surface area contributed by atoms with Crippen LogP contribution in [0.1, 0.15) is 36.3 Å². The molecular formula is C22H20N4O. The number of allylic oxidation sites excluding steroid dienone is 3. The molecule has 0 spiro atoms. The van der Waals surface area contributed by atoms with E-state index in [1.54, 1.807) is 12.4 Å². The summed E-state index contributed by atoms with van der Waals surface area (Å²) in [6.45, 7) is 2.02. The summed E-state index contributed by atoms with van der Waals surface area (Å²) in [5, 5.41) is 9.91. The van der Waals surface area contributed by atoms with E-state index in [0.29, 0.717) is 23.4 Å². The molecule has 0 amide bonds. The van der Waals surface area contributed by atoms with Crippen LogP contribution in [0.2, 0.25) is 0 Å². The summed E-state index contributed by atoms with van der Waals surface area (Å²) in [5.74, 6) is 0.0271. The van der Waals surface area contributed by atoms with Crippen LogP contribution in [0.15, 0.2) is 71.5 Å². The van der Waals surface area contributed by atoms with Crippen LogP contribution in [0.4, 0.5) is 5.69 Å². The zero-order valence-corrected chi connectivity index (χ0v) is 15.1. The highest BCUT2D eigenvalue weighted by molar-refractivity contribution is 6.01. The minimum atomic E-state index is -0.451. The van der Waals surface area contributed by atoms with Crippen LogP contribution in [0, 0.1) is 18.3 Å². The first-order chi connectivity index (χ1) is 13.1. The zero-order chi connectivity index (χ0) is 19.0. The molecule has 2 aliphatic rings. The van der Waals surface area contributed by atoms with Crippen molar-refractivity contribution in [1.29, 1.82) is 5.26 Å². The van der Waals surface area contributed by atoms with Gasteiger partial charge in [0.05, 0.1) is 17.6 Å².